The highest BCUT2D eigenvalue weighted by atomic mass is 16.5. The molecule has 0 amide bonds. The average Bonchev–Trinajstić information content (AvgIpc) is 2.47. The summed E-state index contributed by atoms with van der Waals surface area (Å²) in [5.74, 6) is -0.824. The first kappa shape index (κ1) is 18.7. The molecule has 0 unspecified atom stereocenters. The molecule has 0 aliphatic heterocycles. The number of methoxy groups -OCH3 is 2. The molecule has 0 atom stereocenters. The van der Waals surface area contributed by atoms with Crippen molar-refractivity contribution in [3.63, 3.8) is 0 Å². The van der Waals surface area contributed by atoms with E-state index in [1.54, 1.807) is 0 Å². The van der Waals surface area contributed by atoms with Gasteiger partial charge in [-0.05, 0) is 19.3 Å². The van der Waals surface area contributed by atoms with E-state index in [0.717, 1.165) is 25.7 Å². The van der Waals surface area contributed by atoms with E-state index in [1.165, 1.54) is 27.1 Å². The van der Waals surface area contributed by atoms with Crippen LogP contribution in [-0.4, -0.2) is 26.2 Å². The molecule has 0 aromatic carbocycles. The van der Waals surface area contributed by atoms with Crippen molar-refractivity contribution in [2.45, 2.75) is 65.2 Å². The summed E-state index contributed by atoms with van der Waals surface area (Å²) >= 11 is 0. The largest absolute Gasteiger partial charge is 0.466 e. The number of hydrogen-bond donors (Lipinski definition) is 0. The maximum Gasteiger partial charge on any atom is 0.334 e. The number of carbonyl (C=O) groups excluding carboxylic acids is 2. The summed E-state index contributed by atoms with van der Waals surface area (Å²) in [6, 6.07) is 0. The van der Waals surface area contributed by atoms with E-state index in [9.17, 15) is 9.59 Å². The van der Waals surface area contributed by atoms with Crippen LogP contribution in [0.3, 0.4) is 0 Å². The second-order valence-corrected chi connectivity index (χ2v) is 4.85. The van der Waals surface area contributed by atoms with Gasteiger partial charge in [0.05, 0.1) is 14.2 Å². The minimum Gasteiger partial charge on any atom is -0.466 e. The van der Waals surface area contributed by atoms with E-state index in [-0.39, 0.29) is 0 Å². The second-order valence-electron chi connectivity index (χ2n) is 4.85. The molecule has 0 aromatic rings. The molecule has 0 saturated carbocycles. The lowest BCUT2D eigenvalue weighted by Crippen LogP contribution is -2.15. The molecular formula is C16H28O4. The summed E-state index contributed by atoms with van der Waals surface area (Å²) in [5, 5.41) is 0. The monoisotopic (exact) mass is 284 g/mol. The Hall–Kier alpha value is -1.32. The highest BCUT2D eigenvalue weighted by Crippen LogP contribution is 2.20. The molecule has 0 saturated heterocycles. The van der Waals surface area contributed by atoms with Gasteiger partial charge in [0, 0.05) is 11.1 Å². The van der Waals surface area contributed by atoms with E-state index in [1.807, 2.05) is 6.92 Å². The Bertz CT molecular complexity index is 331. The van der Waals surface area contributed by atoms with Gasteiger partial charge in [0.25, 0.3) is 0 Å². The topological polar surface area (TPSA) is 52.6 Å². The van der Waals surface area contributed by atoms with Crippen molar-refractivity contribution in [2.75, 3.05) is 14.2 Å². The molecule has 0 bridgehead atoms. The molecule has 0 fully saturated rings. The van der Waals surface area contributed by atoms with Gasteiger partial charge in [0.1, 0.15) is 0 Å². The van der Waals surface area contributed by atoms with E-state index in [4.69, 9.17) is 9.47 Å². The molecule has 0 spiro atoms. The smallest absolute Gasteiger partial charge is 0.334 e. The van der Waals surface area contributed by atoms with Crippen LogP contribution in [-0.2, 0) is 19.1 Å². The minimum absolute atomic E-state index is 0.408. The predicted molar refractivity (Wildman–Crippen MR) is 79.3 cm³/mol. The molecule has 4 heteroatoms. The van der Waals surface area contributed by atoms with Gasteiger partial charge >= 0.3 is 11.9 Å². The van der Waals surface area contributed by atoms with Crippen LogP contribution in [0.25, 0.3) is 0 Å². The Kier molecular flexibility index (Phi) is 10.7. The van der Waals surface area contributed by atoms with Crippen molar-refractivity contribution in [2.24, 2.45) is 0 Å². The number of rotatable bonds is 10. The summed E-state index contributed by atoms with van der Waals surface area (Å²) in [4.78, 5) is 23.7. The lowest BCUT2D eigenvalue weighted by Gasteiger charge is -2.12. The molecule has 0 rings (SSSR count). The Morgan fingerprint density at radius 3 is 1.65 bits per heavy atom. The zero-order chi connectivity index (χ0) is 15.4. The van der Waals surface area contributed by atoms with Gasteiger partial charge in [-0.2, -0.15) is 0 Å². The quantitative estimate of drug-likeness (QED) is 0.348. The maximum atomic E-state index is 11.9. The normalized spacial score (nSPS) is 11.8. The Morgan fingerprint density at radius 2 is 1.20 bits per heavy atom. The molecule has 0 radical (unpaired) electrons. The number of hydrogen-bond acceptors (Lipinski definition) is 4. The lowest BCUT2D eigenvalue weighted by molar-refractivity contribution is -0.139. The highest BCUT2D eigenvalue weighted by Gasteiger charge is 2.21. The predicted octanol–water partition coefficient (Wildman–Crippen LogP) is 3.79. The maximum absolute atomic E-state index is 11.9. The van der Waals surface area contributed by atoms with Crippen molar-refractivity contribution in [1.29, 1.82) is 0 Å². The number of ether oxygens (including phenoxy) is 2. The molecule has 0 aliphatic rings. The SMILES string of the molecule is CCCCCCCC(C(=O)OC)=C(CCC)C(=O)OC. The molecule has 0 heterocycles. The third-order valence-electron chi connectivity index (χ3n) is 3.26. The fourth-order valence-corrected chi connectivity index (χ4v) is 2.15. The summed E-state index contributed by atoms with van der Waals surface area (Å²) in [7, 11) is 2.69. The zero-order valence-electron chi connectivity index (χ0n) is 13.3. The van der Waals surface area contributed by atoms with Crippen LogP contribution in [0.1, 0.15) is 65.2 Å². The number of carbonyl (C=O) groups is 2. The average molecular weight is 284 g/mol. The highest BCUT2D eigenvalue weighted by molar-refractivity contribution is 6.00. The third kappa shape index (κ3) is 6.73. The molecule has 116 valence electrons. The van der Waals surface area contributed by atoms with Gasteiger partial charge in [-0.3, -0.25) is 0 Å². The first-order valence-corrected chi connectivity index (χ1v) is 7.50. The van der Waals surface area contributed by atoms with Crippen molar-refractivity contribution < 1.29 is 19.1 Å². The first-order chi connectivity index (χ1) is 9.62. The van der Waals surface area contributed by atoms with Crippen LogP contribution in [0, 0.1) is 0 Å². The van der Waals surface area contributed by atoms with Crippen LogP contribution in [0.5, 0.6) is 0 Å². The molecule has 0 N–H and O–H groups in total. The van der Waals surface area contributed by atoms with Crippen molar-refractivity contribution in [3.8, 4) is 0 Å². The van der Waals surface area contributed by atoms with E-state index >= 15 is 0 Å². The van der Waals surface area contributed by atoms with Gasteiger partial charge in [-0.15, -0.1) is 0 Å². The summed E-state index contributed by atoms with van der Waals surface area (Å²) < 4.78 is 9.59. The lowest BCUT2D eigenvalue weighted by atomic mass is 9.98. The second kappa shape index (κ2) is 11.5. The van der Waals surface area contributed by atoms with E-state index in [2.05, 4.69) is 6.92 Å². The Balaban J connectivity index is 4.88. The van der Waals surface area contributed by atoms with Gasteiger partial charge in [-0.1, -0.05) is 46.0 Å². The van der Waals surface area contributed by atoms with Crippen LogP contribution < -0.4 is 0 Å². The fourth-order valence-electron chi connectivity index (χ4n) is 2.15. The Labute approximate surface area is 122 Å². The van der Waals surface area contributed by atoms with Crippen LogP contribution in [0.4, 0.5) is 0 Å². The molecule has 0 aliphatic carbocycles. The number of esters is 2. The molecule has 0 aromatic heterocycles. The summed E-state index contributed by atoms with van der Waals surface area (Å²) in [6.07, 6.45) is 7.43. The van der Waals surface area contributed by atoms with Crippen molar-refractivity contribution >= 4 is 11.9 Å². The van der Waals surface area contributed by atoms with Gasteiger partial charge in [0.15, 0.2) is 0 Å². The van der Waals surface area contributed by atoms with Crippen LogP contribution in [0.2, 0.25) is 0 Å². The third-order valence-corrected chi connectivity index (χ3v) is 3.26. The number of unbranched alkanes of at least 4 members (excludes halogenated alkanes) is 4. The first-order valence-electron chi connectivity index (χ1n) is 7.50. The molecule has 20 heavy (non-hydrogen) atoms. The van der Waals surface area contributed by atoms with Gasteiger partial charge in [0.2, 0.25) is 0 Å². The molecular weight excluding hydrogens is 256 g/mol. The standard InChI is InChI=1S/C16H28O4/c1-5-7-8-9-10-12-14(16(18)20-4)13(11-6-2)15(17)19-3/h5-12H2,1-4H3. The fraction of sp³-hybridized carbons (Fsp3) is 0.750. The van der Waals surface area contributed by atoms with Gasteiger partial charge in [-0.25, -0.2) is 9.59 Å². The van der Waals surface area contributed by atoms with Crippen LogP contribution >= 0.6 is 0 Å². The molecule has 4 nitrogen and oxygen atoms in total. The minimum atomic E-state index is -0.416. The zero-order valence-corrected chi connectivity index (χ0v) is 13.3. The van der Waals surface area contributed by atoms with Crippen molar-refractivity contribution in [1.82, 2.24) is 0 Å². The van der Waals surface area contributed by atoms with E-state index < -0.39 is 11.9 Å². The summed E-state index contributed by atoms with van der Waals surface area (Å²) in [6.45, 7) is 4.13. The van der Waals surface area contributed by atoms with E-state index in [0.29, 0.717) is 24.0 Å². The Morgan fingerprint density at radius 1 is 0.700 bits per heavy atom. The van der Waals surface area contributed by atoms with Gasteiger partial charge < -0.3 is 9.47 Å². The summed E-state index contributed by atoms with van der Waals surface area (Å²) in [5.41, 5.74) is 0.954. The van der Waals surface area contributed by atoms with Crippen LogP contribution in [0.15, 0.2) is 11.1 Å². The van der Waals surface area contributed by atoms with Crippen molar-refractivity contribution in [3.05, 3.63) is 11.1 Å².